The van der Waals surface area contributed by atoms with Crippen LogP contribution in [0.25, 0.3) is 10.1 Å². The zero-order valence-corrected chi connectivity index (χ0v) is 10.3. The number of ether oxygens (including phenoxy) is 1. The number of carbonyl (C=O) groups is 1. The summed E-state index contributed by atoms with van der Waals surface area (Å²) in [6, 6.07) is 5.92. The van der Waals surface area contributed by atoms with Crippen LogP contribution < -0.4 is 10.1 Å². The number of benzene rings is 1. The van der Waals surface area contributed by atoms with Gasteiger partial charge in [-0.1, -0.05) is 12.6 Å². The number of methoxy groups -OCH3 is 1. The monoisotopic (exact) mass is 247 g/mol. The van der Waals surface area contributed by atoms with E-state index in [4.69, 9.17) is 4.74 Å². The first-order valence-corrected chi connectivity index (χ1v) is 6.07. The van der Waals surface area contributed by atoms with Gasteiger partial charge >= 0.3 is 0 Å². The fraction of sp³-hybridized carbons (Fsp3) is 0.154. The van der Waals surface area contributed by atoms with E-state index in [1.807, 2.05) is 23.6 Å². The molecule has 1 amide bonds. The molecule has 0 saturated heterocycles. The standard InChI is InChI=1S/C13H13NO2S/c1-3-12(15)14-8-9-4-5-11(16-2)10-6-7-17-13(9)10/h3-7H,1,8H2,2H3,(H,14,15). The minimum atomic E-state index is -0.162. The van der Waals surface area contributed by atoms with Gasteiger partial charge in [0.2, 0.25) is 5.91 Å². The van der Waals surface area contributed by atoms with Gasteiger partial charge in [0, 0.05) is 16.6 Å². The average molecular weight is 247 g/mol. The van der Waals surface area contributed by atoms with Crippen molar-refractivity contribution in [3.63, 3.8) is 0 Å². The molecule has 88 valence electrons. The van der Waals surface area contributed by atoms with Crippen LogP contribution >= 0.6 is 11.3 Å². The molecule has 3 nitrogen and oxygen atoms in total. The maximum atomic E-state index is 11.1. The lowest BCUT2D eigenvalue weighted by Gasteiger charge is -2.07. The number of nitrogens with one attached hydrogen (secondary N) is 1. The minimum Gasteiger partial charge on any atom is -0.496 e. The number of fused-ring (bicyclic) bond motifs is 1. The SMILES string of the molecule is C=CC(=O)NCc1ccc(OC)c2ccsc12. The van der Waals surface area contributed by atoms with Crippen LogP contribution in [0.4, 0.5) is 0 Å². The second kappa shape index (κ2) is 5.01. The van der Waals surface area contributed by atoms with Crippen molar-refractivity contribution in [3.05, 3.63) is 41.8 Å². The number of hydrogen-bond donors (Lipinski definition) is 1. The summed E-state index contributed by atoms with van der Waals surface area (Å²) in [7, 11) is 1.66. The van der Waals surface area contributed by atoms with Crippen molar-refractivity contribution in [1.29, 1.82) is 0 Å². The summed E-state index contributed by atoms with van der Waals surface area (Å²) < 4.78 is 6.44. The summed E-state index contributed by atoms with van der Waals surface area (Å²) in [6.45, 7) is 3.93. The normalized spacial score (nSPS) is 10.2. The van der Waals surface area contributed by atoms with Gasteiger partial charge in [-0.05, 0) is 29.2 Å². The van der Waals surface area contributed by atoms with Crippen molar-refractivity contribution < 1.29 is 9.53 Å². The maximum Gasteiger partial charge on any atom is 0.243 e. The Balaban J connectivity index is 2.32. The molecule has 2 rings (SSSR count). The molecule has 0 bridgehead atoms. The van der Waals surface area contributed by atoms with Crippen LogP contribution in [-0.4, -0.2) is 13.0 Å². The van der Waals surface area contributed by atoms with E-state index in [0.717, 1.165) is 21.4 Å². The highest BCUT2D eigenvalue weighted by molar-refractivity contribution is 7.17. The van der Waals surface area contributed by atoms with Gasteiger partial charge in [-0.3, -0.25) is 4.79 Å². The Hall–Kier alpha value is -1.81. The summed E-state index contributed by atoms with van der Waals surface area (Å²) in [5.74, 6) is 0.700. The molecule has 0 aliphatic heterocycles. The lowest BCUT2D eigenvalue weighted by Crippen LogP contribution is -2.19. The van der Waals surface area contributed by atoms with E-state index in [2.05, 4.69) is 11.9 Å². The van der Waals surface area contributed by atoms with Gasteiger partial charge in [0.15, 0.2) is 0 Å². The molecule has 1 aromatic heterocycles. The molecule has 4 heteroatoms. The molecule has 2 aromatic rings. The van der Waals surface area contributed by atoms with Crippen LogP contribution in [0.15, 0.2) is 36.2 Å². The van der Waals surface area contributed by atoms with Crippen LogP contribution in [0.3, 0.4) is 0 Å². The molecule has 0 aliphatic rings. The second-order valence-electron chi connectivity index (χ2n) is 3.51. The molecule has 0 atom stereocenters. The predicted molar refractivity (Wildman–Crippen MR) is 70.4 cm³/mol. The Morgan fingerprint density at radius 3 is 3.06 bits per heavy atom. The zero-order chi connectivity index (χ0) is 12.3. The topological polar surface area (TPSA) is 38.3 Å². The van der Waals surface area contributed by atoms with Crippen molar-refractivity contribution in [1.82, 2.24) is 5.32 Å². The van der Waals surface area contributed by atoms with Crippen molar-refractivity contribution in [2.75, 3.05) is 7.11 Å². The molecule has 17 heavy (non-hydrogen) atoms. The number of carbonyl (C=O) groups excluding carboxylic acids is 1. The zero-order valence-electron chi connectivity index (χ0n) is 9.53. The van der Waals surface area contributed by atoms with Gasteiger partial charge in [0.05, 0.1) is 7.11 Å². The third-order valence-electron chi connectivity index (χ3n) is 2.52. The third kappa shape index (κ3) is 2.31. The molecule has 0 saturated carbocycles. The van der Waals surface area contributed by atoms with Crippen LogP contribution in [0.2, 0.25) is 0 Å². The van der Waals surface area contributed by atoms with Crippen LogP contribution in [-0.2, 0) is 11.3 Å². The van der Waals surface area contributed by atoms with E-state index in [-0.39, 0.29) is 5.91 Å². The smallest absolute Gasteiger partial charge is 0.243 e. The molecule has 0 fully saturated rings. The van der Waals surface area contributed by atoms with E-state index in [1.165, 1.54) is 6.08 Å². The average Bonchev–Trinajstić information content (AvgIpc) is 2.84. The fourth-order valence-electron chi connectivity index (χ4n) is 1.67. The van der Waals surface area contributed by atoms with Gasteiger partial charge in [-0.15, -0.1) is 11.3 Å². The Kier molecular flexibility index (Phi) is 3.44. The molecule has 0 unspecified atom stereocenters. The highest BCUT2D eigenvalue weighted by atomic mass is 32.1. The van der Waals surface area contributed by atoms with E-state index in [0.29, 0.717) is 6.54 Å². The minimum absolute atomic E-state index is 0.162. The maximum absolute atomic E-state index is 11.1. The number of rotatable bonds is 4. The van der Waals surface area contributed by atoms with Gasteiger partial charge in [0.1, 0.15) is 5.75 Å². The Bertz CT molecular complexity index is 560. The first kappa shape index (κ1) is 11.7. The van der Waals surface area contributed by atoms with E-state index < -0.39 is 0 Å². The van der Waals surface area contributed by atoms with Crippen LogP contribution in [0.5, 0.6) is 5.75 Å². The second-order valence-corrected chi connectivity index (χ2v) is 4.43. The lowest BCUT2D eigenvalue weighted by molar-refractivity contribution is -0.116. The van der Waals surface area contributed by atoms with Crippen molar-refractivity contribution in [2.24, 2.45) is 0 Å². The van der Waals surface area contributed by atoms with Gasteiger partial charge < -0.3 is 10.1 Å². The highest BCUT2D eigenvalue weighted by Crippen LogP contribution is 2.32. The molecular weight excluding hydrogens is 234 g/mol. The molecule has 1 aromatic carbocycles. The van der Waals surface area contributed by atoms with E-state index in [1.54, 1.807) is 18.4 Å². The summed E-state index contributed by atoms with van der Waals surface area (Å²) in [6.07, 6.45) is 1.27. The fourth-order valence-corrected chi connectivity index (χ4v) is 2.59. The van der Waals surface area contributed by atoms with Crippen molar-refractivity contribution in [3.8, 4) is 5.75 Å². The molecule has 1 heterocycles. The summed E-state index contributed by atoms with van der Waals surface area (Å²) >= 11 is 1.65. The lowest BCUT2D eigenvalue weighted by atomic mass is 10.1. The number of amides is 1. The predicted octanol–water partition coefficient (Wildman–Crippen LogP) is 2.71. The number of hydrogen-bond acceptors (Lipinski definition) is 3. The summed E-state index contributed by atoms with van der Waals surface area (Å²) in [5, 5.41) is 5.88. The first-order valence-electron chi connectivity index (χ1n) is 5.19. The van der Waals surface area contributed by atoms with E-state index >= 15 is 0 Å². The summed E-state index contributed by atoms with van der Waals surface area (Å²) in [5.41, 5.74) is 1.09. The van der Waals surface area contributed by atoms with Crippen molar-refractivity contribution >= 4 is 27.3 Å². The van der Waals surface area contributed by atoms with Crippen molar-refractivity contribution in [2.45, 2.75) is 6.54 Å². The quantitative estimate of drug-likeness (QED) is 0.844. The summed E-state index contributed by atoms with van der Waals surface area (Å²) in [4.78, 5) is 11.1. The molecule has 0 aliphatic carbocycles. The molecule has 0 radical (unpaired) electrons. The molecule has 1 N–H and O–H groups in total. The van der Waals surface area contributed by atoms with Gasteiger partial charge in [-0.25, -0.2) is 0 Å². The Morgan fingerprint density at radius 2 is 2.35 bits per heavy atom. The third-order valence-corrected chi connectivity index (χ3v) is 3.51. The number of thiophene rings is 1. The van der Waals surface area contributed by atoms with Gasteiger partial charge in [0.25, 0.3) is 0 Å². The largest absolute Gasteiger partial charge is 0.496 e. The molecular formula is C13H13NO2S. The molecule has 0 spiro atoms. The Labute approximate surface area is 104 Å². The van der Waals surface area contributed by atoms with E-state index in [9.17, 15) is 4.79 Å². The van der Waals surface area contributed by atoms with Gasteiger partial charge in [-0.2, -0.15) is 0 Å². The first-order chi connectivity index (χ1) is 8.26. The Morgan fingerprint density at radius 1 is 1.53 bits per heavy atom. The van der Waals surface area contributed by atoms with Crippen LogP contribution in [0.1, 0.15) is 5.56 Å². The van der Waals surface area contributed by atoms with Crippen LogP contribution in [0, 0.1) is 0 Å². The highest BCUT2D eigenvalue weighted by Gasteiger charge is 2.07.